The molecule has 1 atom stereocenters. The number of nitrogens with one attached hydrogen (secondary N) is 2. The summed E-state index contributed by atoms with van der Waals surface area (Å²) in [6, 6.07) is 17.4. The van der Waals surface area contributed by atoms with E-state index in [2.05, 4.69) is 16.4 Å². The van der Waals surface area contributed by atoms with Crippen molar-refractivity contribution in [2.75, 3.05) is 19.6 Å². The number of amides is 3. The van der Waals surface area contributed by atoms with Crippen LogP contribution in [-0.4, -0.2) is 63.1 Å². The summed E-state index contributed by atoms with van der Waals surface area (Å²) in [6.45, 7) is 0.794. The molecule has 6 N–H and O–H groups in total. The van der Waals surface area contributed by atoms with Gasteiger partial charge in [-0.25, -0.2) is 9.18 Å². The Balaban J connectivity index is 1.49. The van der Waals surface area contributed by atoms with Gasteiger partial charge in [-0.1, -0.05) is 12.1 Å². The SMILES string of the molecule is N#C[C@@H]1CCCN1C(=O)CNCCC1(c2nn(-c3ccc(F)cc3)c(=O)[nH]2)c2ccc(C(N)=O)cc2CCc2cc(C(N)=O)ccc21. The number of aromatic amines is 1. The second-order valence-corrected chi connectivity index (χ2v) is 11.8. The van der Waals surface area contributed by atoms with Crippen LogP contribution in [0.4, 0.5) is 4.39 Å². The minimum absolute atomic E-state index is 0.00423. The molecule has 4 aromatic rings. The van der Waals surface area contributed by atoms with Crippen molar-refractivity contribution in [3.8, 4) is 11.8 Å². The van der Waals surface area contributed by atoms with Crippen LogP contribution in [0.25, 0.3) is 5.69 Å². The van der Waals surface area contributed by atoms with E-state index in [1.807, 2.05) is 0 Å². The highest BCUT2D eigenvalue weighted by molar-refractivity contribution is 5.94. The van der Waals surface area contributed by atoms with Crippen LogP contribution in [-0.2, 0) is 23.1 Å². The van der Waals surface area contributed by atoms with Gasteiger partial charge in [-0.15, -0.1) is 5.10 Å². The molecule has 1 aromatic heterocycles. The standard InChI is InChI=1S/C34H33FN8O4/c35-24-7-9-25(10-8-24)43-33(47)40-32(41-43)34(13-14-39-19-29(44)42-15-1-2-26(42)18-36)27-11-5-22(30(37)45)16-20(27)3-4-21-17-23(31(38)46)6-12-28(21)34/h5-12,16-17,26,39H,1-4,13-15,19H2,(H2,37,45)(H2,38,46)(H,40,41,47)/t26-/m0/s1. The first-order chi connectivity index (χ1) is 22.6. The molecule has 13 heteroatoms. The van der Waals surface area contributed by atoms with Crippen LogP contribution in [0, 0.1) is 17.1 Å². The number of halogens is 1. The van der Waals surface area contributed by atoms with E-state index in [4.69, 9.17) is 16.6 Å². The molecule has 1 aliphatic carbocycles. The highest BCUT2D eigenvalue weighted by Crippen LogP contribution is 2.46. The Morgan fingerprint density at radius 2 is 1.62 bits per heavy atom. The number of fused-ring (bicyclic) bond motifs is 2. The molecule has 3 aromatic carbocycles. The normalized spacial score (nSPS) is 16.5. The zero-order chi connectivity index (χ0) is 33.3. The lowest BCUT2D eigenvalue weighted by Gasteiger charge is -2.35. The monoisotopic (exact) mass is 636 g/mol. The van der Waals surface area contributed by atoms with Gasteiger partial charge in [-0.3, -0.25) is 19.4 Å². The molecule has 2 heterocycles. The molecule has 0 unspecified atom stereocenters. The van der Waals surface area contributed by atoms with Gasteiger partial charge in [0.05, 0.1) is 23.7 Å². The van der Waals surface area contributed by atoms with Crippen LogP contribution in [0.3, 0.4) is 0 Å². The third kappa shape index (κ3) is 5.79. The Hall–Kier alpha value is -5.61. The minimum atomic E-state index is -1.16. The fraction of sp³-hybridized carbons (Fsp3) is 0.294. The number of carbonyl (C=O) groups excluding carboxylic acids is 3. The van der Waals surface area contributed by atoms with Gasteiger partial charge in [-0.05, 0) is 109 Å². The molecule has 47 heavy (non-hydrogen) atoms. The number of likely N-dealkylation sites (tertiary alicyclic amines) is 1. The Bertz CT molecular complexity index is 1910. The Morgan fingerprint density at radius 1 is 1.00 bits per heavy atom. The smallest absolute Gasteiger partial charge is 0.348 e. The molecule has 6 rings (SSSR count). The topological polar surface area (TPSA) is 193 Å². The second kappa shape index (κ2) is 12.6. The lowest BCUT2D eigenvalue weighted by Crippen LogP contribution is -2.42. The Morgan fingerprint density at radius 3 is 2.19 bits per heavy atom. The zero-order valence-electron chi connectivity index (χ0n) is 25.5. The number of nitriles is 1. The third-order valence-corrected chi connectivity index (χ3v) is 9.13. The minimum Gasteiger partial charge on any atom is -0.366 e. The largest absolute Gasteiger partial charge is 0.366 e. The van der Waals surface area contributed by atoms with Crippen molar-refractivity contribution in [2.45, 2.75) is 43.6 Å². The van der Waals surface area contributed by atoms with Crippen LogP contribution in [0.5, 0.6) is 0 Å². The highest BCUT2D eigenvalue weighted by Gasteiger charge is 2.44. The second-order valence-electron chi connectivity index (χ2n) is 11.8. The fourth-order valence-corrected chi connectivity index (χ4v) is 6.84. The number of carbonyl (C=O) groups is 3. The zero-order valence-corrected chi connectivity index (χ0v) is 25.5. The maximum absolute atomic E-state index is 13.8. The van der Waals surface area contributed by atoms with E-state index in [0.29, 0.717) is 42.6 Å². The number of benzene rings is 3. The number of nitrogens with zero attached hydrogens (tertiary/aromatic N) is 4. The van der Waals surface area contributed by atoms with Crippen molar-refractivity contribution >= 4 is 17.7 Å². The number of rotatable bonds is 9. The van der Waals surface area contributed by atoms with Gasteiger partial charge in [0.1, 0.15) is 17.7 Å². The van der Waals surface area contributed by atoms with E-state index in [1.165, 1.54) is 24.3 Å². The molecule has 12 nitrogen and oxygen atoms in total. The van der Waals surface area contributed by atoms with E-state index >= 15 is 0 Å². The van der Waals surface area contributed by atoms with Crippen molar-refractivity contribution in [1.29, 1.82) is 5.26 Å². The molecule has 1 saturated heterocycles. The van der Waals surface area contributed by atoms with Gasteiger partial charge in [0.15, 0.2) is 0 Å². The van der Waals surface area contributed by atoms with E-state index < -0.39 is 34.8 Å². The molecular weight excluding hydrogens is 603 g/mol. The molecule has 240 valence electrons. The van der Waals surface area contributed by atoms with Gasteiger partial charge in [0, 0.05) is 17.7 Å². The number of aromatic nitrogens is 3. The van der Waals surface area contributed by atoms with Crippen molar-refractivity contribution < 1.29 is 18.8 Å². The first-order valence-electron chi connectivity index (χ1n) is 15.3. The van der Waals surface area contributed by atoms with Crippen LogP contribution in [0.2, 0.25) is 0 Å². The molecule has 0 spiro atoms. The third-order valence-electron chi connectivity index (χ3n) is 9.13. The average molecular weight is 637 g/mol. The van der Waals surface area contributed by atoms with Crippen molar-refractivity contribution in [3.05, 3.63) is 116 Å². The summed E-state index contributed by atoms with van der Waals surface area (Å²) >= 11 is 0. The molecule has 0 radical (unpaired) electrons. The summed E-state index contributed by atoms with van der Waals surface area (Å²) < 4.78 is 14.9. The predicted octanol–water partition coefficient (Wildman–Crippen LogP) is 1.82. The van der Waals surface area contributed by atoms with Crippen LogP contribution in [0.1, 0.15) is 68.1 Å². The summed E-state index contributed by atoms with van der Waals surface area (Å²) in [6.07, 6.45) is 2.65. The molecule has 3 amide bonds. The lowest BCUT2D eigenvalue weighted by atomic mass is 9.69. The average Bonchev–Trinajstić information content (AvgIpc) is 3.68. The first kappa shape index (κ1) is 31.4. The van der Waals surface area contributed by atoms with Gasteiger partial charge in [0.25, 0.3) is 0 Å². The summed E-state index contributed by atoms with van der Waals surface area (Å²) in [5, 5.41) is 17.4. The number of hydrogen-bond acceptors (Lipinski definition) is 7. The summed E-state index contributed by atoms with van der Waals surface area (Å²) in [7, 11) is 0. The van der Waals surface area contributed by atoms with Crippen LogP contribution >= 0.6 is 0 Å². The predicted molar refractivity (Wildman–Crippen MR) is 169 cm³/mol. The Labute approximate surface area is 269 Å². The number of hydrogen-bond donors (Lipinski definition) is 4. The van der Waals surface area contributed by atoms with E-state index in [9.17, 15) is 28.8 Å². The maximum Gasteiger partial charge on any atom is 0.348 e. The summed E-state index contributed by atoms with van der Waals surface area (Å²) in [4.78, 5) is 55.5. The number of nitrogens with two attached hydrogens (primary N) is 2. The number of primary amides is 2. The molecule has 1 aliphatic heterocycles. The van der Waals surface area contributed by atoms with Gasteiger partial charge in [0.2, 0.25) is 17.7 Å². The Kier molecular flexibility index (Phi) is 8.44. The van der Waals surface area contributed by atoms with E-state index in [1.54, 1.807) is 41.3 Å². The molecule has 0 bridgehead atoms. The number of aryl methyl sites for hydroxylation is 2. The fourth-order valence-electron chi connectivity index (χ4n) is 6.84. The molecule has 0 saturated carbocycles. The van der Waals surface area contributed by atoms with Crippen LogP contribution < -0.4 is 22.5 Å². The summed E-state index contributed by atoms with van der Waals surface area (Å²) in [5.41, 5.74) is 13.7. The van der Waals surface area contributed by atoms with Gasteiger partial charge in [-0.2, -0.15) is 9.94 Å². The van der Waals surface area contributed by atoms with Gasteiger partial charge < -0.3 is 21.7 Å². The quantitative estimate of drug-likeness (QED) is 0.201. The first-order valence-corrected chi connectivity index (χ1v) is 15.3. The molecule has 2 aliphatic rings. The van der Waals surface area contributed by atoms with Crippen LogP contribution in [0.15, 0.2) is 65.5 Å². The van der Waals surface area contributed by atoms with Crippen molar-refractivity contribution in [1.82, 2.24) is 25.0 Å². The van der Waals surface area contributed by atoms with Crippen molar-refractivity contribution in [3.63, 3.8) is 0 Å². The van der Waals surface area contributed by atoms with Gasteiger partial charge >= 0.3 is 5.69 Å². The molecular formula is C34H33FN8O4. The summed E-state index contributed by atoms with van der Waals surface area (Å²) in [5.74, 6) is -1.57. The maximum atomic E-state index is 13.8. The van der Waals surface area contributed by atoms with E-state index in [-0.39, 0.29) is 31.2 Å². The lowest BCUT2D eigenvalue weighted by molar-refractivity contribution is -0.130. The van der Waals surface area contributed by atoms with E-state index in [0.717, 1.165) is 33.4 Å². The highest BCUT2D eigenvalue weighted by atomic mass is 19.1. The van der Waals surface area contributed by atoms with Crippen molar-refractivity contribution in [2.24, 2.45) is 11.5 Å². The number of H-pyrrole nitrogens is 1. The molecule has 1 fully saturated rings.